The summed E-state index contributed by atoms with van der Waals surface area (Å²) in [5.41, 5.74) is 5.43. The highest BCUT2D eigenvalue weighted by Gasteiger charge is 2.05. The quantitative estimate of drug-likeness (QED) is 0.695. The van der Waals surface area contributed by atoms with E-state index in [2.05, 4.69) is 23.8 Å². The molecule has 0 unspecified atom stereocenters. The van der Waals surface area contributed by atoms with Gasteiger partial charge in [-0.1, -0.05) is 13.8 Å². The van der Waals surface area contributed by atoms with Crippen LogP contribution in [0.5, 0.6) is 0 Å². The fourth-order valence-corrected chi connectivity index (χ4v) is 0.978. The molecular weight excluding hydrogens is 154 g/mol. The summed E-state index contributed by atoms with van der Waals surface area (Å²) < 4.78 is 0. The third-order valence-corrected chi connectivity index (χ3v) is 1.50. The van der Waals surface area contributed by atoms with Gasteiger partial charge in [-0.05, 0) is 5.92 Å². The van der Waals surface area contributed by atoms with Gasteiger partial charge in [0.1, 0.15) is 11.5 Å². The van der Waals surface area contributed by atoms with Crippen LogP contribution in [0.25, 0.3) is 0 Å². The van der Waals surface area contributed by atoms with Crippen molar-refractivity contribution in [2.24, 2.45) is 11.7 Å². The van der Waals surface area contributed by atoms with Gasteiger partial charge in [-0.2, -0.15) is 0 Å². The summed E-state index contributed by atoms with van der Waals surface area (Å²) in [6.45, 7) is 4.18. The van der Waals surface area contributed by atoms with Gasteiger partial charge < -0.3 is 10.7 Å². The second-order valence-corrected chi connectivity index (χ2v) is 3.21. The monoisotopic (exact) mass is 167 g/mol. The molecule has 0 aliphatic rings. The zero-order valence-electron chi connectivity index (χ0n) is 7.29. The molecule has 0 saturated heterocycles. The molecule has 3 N–H and O–H groups in total. The van der Waals surface area contributed by atoms with E-state index in [0.717, 1.165) is 12.2 Å². The minimum atomic E-state index is -0.461. The molecule has 66 valence electrons. The molecule has 4 heteroatoms. The number of nitrogens with two attached hydrogens (primary N) is 1. The lowest BCUT2D eigenvalue weighted by Gasteiger charge is -1.98. The maximum absolute atomic E-state index is 10.7. The average molecular weight is 167 g/mol. The second kappa shape index (κ2) is 3.38. The van der Waals surface area contributed by atoms with Gasteiger partial charge in [0.2, 0.25) is 0 Å². The van der Waals surface area contributed by atoms with E-state index in [-0.39, 0.29) is 0 Å². The van der Waals surface area contributed by atoms with Gasteiger partial charge in [0.05, 0.1) is 6.20 Å². The standard InChI is InChI=1S/C8H13N3O/c1-5(2)3-7-10-4-6(11-7)8(9)12/h4-5H,3H2,1-2H3,(H2,9,12)(H,10,11). The van der Waals surface area contributed by atoms with Gasteiger partial charge in [-0.15, -0.1) is 0 Å². The maximum Gasteiger partial charge on any atom is 0.266 e. The molecule has 1 rings (SSSR count). The van der Waals surface area contributed by atoms with E-state index in [0.29, 0.717) is 11.6 Å². The lowest BCUT2D eigenvalue weighted by molar-refractivity contribution is 0.0996. The van der Waals surface area contributed by atoms with Crippen LogP contribution >= 0.6 is 0 Å². The van der Waals surface area contributed by atoms with Crippen LogP contribution in [0.2, 0.25) is 0 Å². The van der Waals surface area contributed by atoms with Crippen LogP contribution in [-0.4, -0.2) is 15.9 Å². The summed E-state index contributed by atoms with van der Waals surface area (Å²) in [5, 5.41) is 0. The van der Waals surface area contributed by atoms with Gasteiger partial charge in [-0.25, -0.2) is 4.98 Å². The first-order valence-electron chi connectivity index (χ1n) is 3.93. The number of H-pyrrole nitrogens is 1. The largest absolute Gasteiger partial charge is 0.364 e. The summed E-state index contributed by atoms with van der Waals surface area (Å²) in [5.74, 6) is 0.883. The van der Waals surface area contributed by atoms with Crippen molar-refractivity contribution < 1.29 is 4.79 Å². The normalized spacial score (nSPS) is 10.6. The van der Waals surface area contributed by atoms with E-state index in [1.54, 1.807) is 0 Å². The summed E-state index contributed by atoms with van der Waals surface area (Å²) >= 11 is 0. The van der Waals surface area contributed by atoms with E-state index in [9.17, 15) is 4.79 Å². The average Bonchev–Trinajstić information content (AvgIpc) is 2.34. The van der Waals surface area contributed by atoms with Gasteiger partial charge in [0.25, 0.3) is 5.91 Å². The second-order valence-electron chi connectivity index (χ2n) is 3.21. The van der Waals surface area contributed by atoms with E-state index >= 15 is 0 Å². The highest BCUT2D eigenvalue weighted by atomic mass is 16.1. The molecule has 0 aliphatic carbocycles. The zero-order chi connectivity index (χ0) is 9.14. The SMILES string of the molecule is CC(C)Cc1ncc(C(N)=O)[nH]1. The minimum Gasteiger partial charge on any atom is -0.364 e. The van der Waals surface area contributed by atoms with Crippen molar-refractivity contribution in [3.05, 3.63) is 17.7 Å². The van der Waals surface area contributed by atoms with Crippen molar-refractivity contribution in [3.63, 3.8) is 0 Å². The molecule has 0 aliphatic heterocycles. The molecule has 1 aromatic heterocycles. The van der Waals surface area contributed by atoms with Gasteiger partial charge in [0, 0.05) is 6.42 Å². The highest BCUT2D eigenvalue weighted by Crippen LogP contribution is 2.03. The van der Waals surface area contributed by atoms with Crippen molar-refractivity contribution in [1.29, 1.82) is 0 Å². The summed E-state index contributed by atoms with van der Waals surface area (Å²) in [6.07, 6.45) is 2.31. The molecule has 0 spiro atoms. The fraction of sp³-hybridized carbons (Fsp3) is 0.500. The lowest BCUT2D eigenvalue weighted by atomic mass is 10.1. The maximum atomic E-state index is 10.7. The predicted molar refractivity (Wildman–Crippen MR) is 45.6 cm³/mol. The Morgan fingerprint density at radius 2 is 2.42 bits per heavy atom. The van der Waals surface area contributed by atoms with Crippen LogP contribution in [0.15, 0.2) is 6.20 Å². The predicted octanol–water partition coefficient (Wildman–Crippen LogP) is 0.707. The van der Waals surface area contributed by atoms with Gasteiger partial charge in [0.15, 0.2) is 0 Å². The van der Waals surface area contributed by atoms with Gasteiger partial charge in [-0.3, -0.25) is 4.79 Å². The number of nitrogens with zero attached hydrogens (tertiary/aromatic N) is 1. The molecule has 1 amide bonds. The first-order valence-corrected chi connectivity index (χ1v) is 3.93. The Balaban J connectivity index is 2.71. The fourth-order valence-electron chi connectivity index (χ4n) is 0.978. The van der Waals surface area contributed by atoms with E-state index in [4.69, 9.17) is 5.73 Å². The first kappa shape index (κ1) is 8.77. The molecule has 0 aromatic carbocycles. The van der Waals surface area contributed by atoms with Crippen LogP contribution in [0.1, 0.15) is 30.2 Å². The smallest absolute Gasteiger partial charge is 0.266 e. The number of aromatic amines is 1. The van der Waals surface area contributed by atoms with E-state index in [1.165, 1.54) is 6.20 Å². The molecule has 4 nitrogen and oxygen atoms in total. The number of hydrogen-bond donors (Lipinski definition) is 2. The molecule has 1 aromatic rings. The van der Waals surface area contributed by atoms with Crippen molar-refractivity contribution in [2.45, 2.75) is 20.3 Å². The van der Waals surface area contributed by atoms with Crippen molar-refractivity contribution in [1.82, 2.24) is 9.97 Å². The van der Waals surface area contributed by atoms with Crippen LogP contribution in [0, 0.1) is 5.92 Å². The number of amides is 1. The van der Waals surface area contributed by atoms with Crippen LogP contribution in [-0.2, 0) is 6.42 Å². The lowest BCUT2D eigenvalue weighted by Crippen LogP contribution is -2.11. The van der Waals surface area contributed by atoms with Crippen molar-refractivity contribution in [2.75, 3.05) is 0 Å². The molecule has 0 fully saturated rings. The zero-order valence-corrected chi connectivity index (χ0v) is 7.29. The molecule has 0 saturated carbocycles. The number of primary amides is 1. The Morgan fingerprint density at radius 1 is 1.75 bits per heavy atom. The molecular formula is C8H13N3O. The molecule has 0 atom stereocenters. The number of imidazole rings is 1. The van der Waals surface area contributed by atoms with E-state index < -0.39 is 5.91 Å². The molecule has 1 heterocycles. The highest BCUT2D eigenvalue weighted by molar-refractivity contribution is 5.90. The first-order chi connectivity index (χ1) is 5.59. The Morgan fingerprint density at radius 3 is 2.83 bits per heavy atom. The summed E-state index contributed by atoms with van der Waals surface area (Å²) in [4.78, 5) is 17.5. The van der Waals surface area contributed by atoms with Gasteiger partial charge >= 0.3 is 0 Å². The molecule has 0 radical (unpaired) electrons. The Hall–Kier alpha value is -1.32. The van der Waals surface area contributed by atoms with Crippen LogP contribution in [0.3, 0.4) is 0 Å². The molecule has 0 bridgehead atoms. The number of nitrogens with one attached hydrogen (secondary N) is 1. The van der Waals surface area contributed by atoms with Crippen molar-refractivity contribution in [3.8, 4) is 0 Å². The summed E-state index contributed by atoms with van der Waals surface area (Å²) in [7, 11) is 0. The van der Waals surface area contributed by atoms with Crippen molar-refractivity contribution >= 4 is 5.91 Å². The summed E-state index contributed by atoms with van der Waals surface area (Å²) in [6, 6.07) is 0. The third-order valence-electron chi connectivity index (χ3n) is 1.50. The number of rotatable bonds is 3. The minimum absolute atomic E-state index is 0.380. The van der Waals surface area contributed by atoms with E-state index in [1.807, 2.05) is 0 Å². The van der Waals surface area contributed by atoms with Crippen LogP contribution in [0.4, 0.5) is 0 Å². The molecule has 12 heavy (non-hydrogen) atoms. The number of carbonyl (C=O) groups excluding carboxylic acids is 1. The topological polar surface area (TPSA) is 71.8 Å². The number of aromatic nitrogens is 2. The third kappa shape index (κ3) is 2.08. The Labute approximate surface area is 71.2 Å². The Bertz CT molecular complexity index is 278. The van der Waals surface area contributed by atoms with Crippen LogP contribution < -0.4 is 5.73 Å². The number of hydrogen-bond acceptors (Lipinski definition) is 2. The number of carbonyl (C=O) groups is 1. The Kier molecular flexibility index (Phi) is 2.47.